The van der Waals surface area contributed by atoms with Crippen molar-refractivity contribution in [2.45, 2.75) is 26.8 Å². The average molecular weight is 237 g/mol. The smallest absolute Gasteiger partial charge is 0.123 e. The van der Waals surface area contributed by atoms with Gasteiger partial charge in [-0.25, -0.2) is 0 Å². The average Bonchev–Trinajstić information content (AvgIpc) is 2.34. The molecule has 0 spiro atoms. The van der Waals surface area contributed by atoms with Crippen LogP contribution in [0, 0.1) is 5.92 Å². The van der Waals surface area contributed by atoms with E-state index in [1.54, 1.807) is 14.2 Å². The molecule has 1 aromatic carbocycles. The fraction of sp³-hybridized carbons (Fsp3) is 0.571. The molecule has 17 heavy (non-hydrogen) atoms. The van der Waals surface area contributed by atoms with Gasteiger partial charge in [0.15, 0.2) is 0 Å². The molecule has 1 atom stereocenters. The zero-order valence-electron chi connectivity index (χ0n) is 11.4. The standard InChI is InChI=1S/C14H23NO2/c1-6-15-14(10(2)3)12-9-11(16-4)7-8-13(12)17-5/h7-10,14-15H,6H2,1-5H3. The van der Waals surface area contributed by atoms with E-state index in [2.05, 4.69) is 26.1 Å². The second-order valence-electron chi connectivity index (χ2n) is 4.39. The molecule has 3 nitrogen and oxygen atoms in total. The SMILES string of the molecule is CCNC(c1cc(OC)ccc1OC)C(C)C. The molecular formula is C14H23NO2. The van der Waals surface area contributed by atoms with Crippen LogP contribution < -0.4 is 14.8 Å². The highest BCUT2D eigenvalue weighted by Gasteiger charge is 2.19. The fourth-order valence-corrected chi connectivity index (χ4v) is 2.01. The molecule has 96 valence electrons. The second kappa shape index (κ2) is 6.50. The number of benzene rings is 1. The first-order chi connectivity index (χ1) is 8.13. The molecule has 1 rings (SSSR count). The maximum absolute atomic E-state index is 5.43. The van der Waals surface area contributed by atoms with Crippen molar-refractivity contribution in [3.63, 3.8) is 0 Å². The summed E-state index contributed by atoms with van der Waals surface area (Å²) in [5, 5.41) is 3.49. The van der Waals surface area contributed by atoms with Crippen LogP contribution in [0.4, 0.5) is 0 Å². The van der Waals surface area contributed by atoms with Gasteiger partial charge in [0.05, 0.1) is 14.2 Å². The summed E-state index contributed by atoms with van der Waals surface area (Å²) >= 11 is 0. The van der Waals surface area contributed by atoms with Crippen molar-refractivity contribution >= 4 is 0 Å². The first kappa shape index (κ1) is 13.8. The Bertz CT molecular complexity index is 350. The van der Waals surface area contributed by atoms with Crippen LogP contribution in [0.3, 0.4) is 0 Å². The molecule has 1 aromatic rings. The molecule has 0 fully saturated rings. The summed E-state index contributed by atoms with van der Waals surface area (Å²) in [6.45, 7) is 7.45. The lowest BCUT2D eigenvalue weighted by Crippen LogP contribution is -2.25. The van der Waals surface area contributed by atoms with E-state index in [-0.39, 0.29) is 6.04 Å². The maximum Gasteiger partial charge on any atom is 0.123 e. The molecule has 0 heterocycles. The van der Waals surface area contributed by atoms with E-state index in [1.807, 2.05) is 18.2 Å². The monoisotopic (exact) mass is 237 g/mol. The maximum atomic E-state index is 5.43. The Labute approximate surface area is 104 Å². The van der Waals surface area contributed by atoms with Crippen LogP contribution in [0.25, 0.3) is 0 Å². The molecule has 0 aliphatic heterocycles. The van der Waals surface area contributed by atoms with Crippen molar-refractivity contribution in [2.24, 2.45) is 5.92 Å². The van der Waals surface area contributed by atoms with E-state index in [1.165, 1.54) is 0 Å². The van der Waals surface area contributed by atoms with Crippen molar-refractivity contribution < 1.29 is 9.47 Å². The second-order valence-corrected chi connectivity index (χ2v) is 4.39. The van der Waals surface area contributed by atoms with Crippen LogP contribution in [0.1, 0.15) is 32.4 Å². The topological polar surface area (TPSA) is 30.5 Å². The lowest BCUT2D eigenvalue weighted by atomic mass is 9.95. The van der Waals surface area contributed by atoms with E-state index in [0.29, 0.717) is 5.92 Å². The zero-order valence-corrected chi connectivity index (χ0v) is 11.4. The number of hydrogen-bond donors (Lipinski definition) is 1. The van der Waals surface area contributed by atoms with E-state index >= 15 is 0 Å². The van der Waals surface area contributed by atoms with Gasteiger partial charge in [0.2, 0.25) is 0 Å². The van der Waals surface area contributed by atoms with Gasteiger partial charge < -0.3 is 14.8 Å². The Kier molecular flexibility index (Phi) is 5.29. The van der Waals surface area contributed by atoms with Crippen molar-refractivity contribution in [1.82, 2.24) is 5.32 Å². The van der Waals surface area contributed by atoms with Gasteiger partial charge >= 0.3 is 0 Å². The van der Waals surface area contributed by atoms with E-state index in [9.17, 15) is 0 Å². The van der Waals surface area contributed by atoms with Crippen LogP contribution in [0.5, 0.6) is 11.5 Å². The molecule has 3 heteroatoms. The predicted molar refractivity (Wildman–Crippen MR) is 70.8 cm³/mol. The van der Waals surface area contributed by atoms with Gasteiger partial charge in [-0.05, 0) is 30.7 Å². The third-order valence-corrected chi connectivity index (χ3v) is 2.86. The molecule has 0 aliphatic carbocycles. The normalized spacial score (nSPS) is 12.6. The van der Waals surface area contributed by atoms with Crippen molar-refractivity contribution in [3.05, 3.63) is 23.8 Å². The summed E-state index contributed by atoms with van der Waals surface area (Å²) in [6, 6.07) is 6.21. The highest BCUT2D eigenvalue weighted by atomic mass is 16.5. The summed E-state index contributed by atoms with van der Waals surface area (Å²) in [5.41, 5.74) is 1.16. The molecule has 0 aromatic heterocycles. The lowest BCUT2D eigenvalue weighted by molar-refractivity contribution is 0.368. The van der Waals surface area contributed by atoms with Crippen molar-refractivity contribution in [2.75, 3.05) is 20.8 Å². The summed E-state index contributed by atoms with van der Waals surface area (Å²) in [7, 11) is 3.39. The molecule has 0 radical (unpaired) electrons. The molecule has 0 saturated carbocycles. The molecule has 0 amide bonds. The minimum atomic E-state index is 0.282. The van der Waals surface area contributed by atoms with Gasteiger partial charge in [0, 0.05) is 11.6 Å². The van der Waals surface area contributed by atoms with Crippen molar-refractivity contribution in [3.8, 4) is 11.5 Å². The summed E-state index contributed by atoms with van der Waals surface area (Å²) < 4.78 is 10.7. The Morgan fingerprint density at radius 2 is 1.88 bits per heavy atom. The van der Waals surface area contributed by atoms with Gasteiger partial charge in [0.25, 0.3) is 0 Å². The van der Waals surface area contributed by atoms with E-state index < -0.39 is 0 Å². The molecule has 0 saturated heterocycles. The van der Waals surface area contributed by atoms with Gasteiger partial charge in [-0.3, -0.25) is 0 Å². The van der Waals surface area contributed by atoms with Crippen LogP contribution >= 0.6 is 0 Å². The summed E-state index contributed by atoms with van der Waals surface area (Å²) in [4.78, 5) is 0. The first-order valence-electron chi connectivity index (χ1n) is 6.09. The highest BCUT2D eigenvalue weighted by molar-refractivity contribution is 5.42. The quantitative estimate of drug-likeness (QED) is 0.825. The Morgan fingerprint density at radius 3 is 2.35 bits per heavy atom. The first-order valence-corrected chi connectivity index (χ1v) is 6.09. The molecule has 0 aliphatic rings. The number of nitrogens with one attached hydrogen (secondary N) is 1. The number of methoxy groups -OCH3 is 2. The lowest BCUT2D eigenvalue weighted by Gasteiger charge is -2.24. The van der Waals surface area contributed by atoms with Crippen LogP contribution in [0.15, 0.2) is 18.2 Å². The van der Waals surface area contributed by atoms with Gasteiger partial charge in [0.1, 0.15) is 11.5 Å². The Morgan fingerprint density at radius 1 is 1.18 bits per heavy atom. The van der Waals surface area contributed by atoms with E-state index in [4.69, 9.17) is 9.47 Å². The number of rotatable bonds is 6. The van der Waals surface area contributed by atoms with Crippen molar-refractivity contribution in [1.29, 1.82) is 0 Å². The minimum Gasteiger partial charge on any atom is -0.497 e. The van der Waals surface area contributed by atoms with Gasteiger partial charge in [-0.15, -0.1) is 0 Å². The third-order valence-electron chi connectivity index (χ3n) is 2.86. The van der Waals surface area contributed by atoms with Gasteiger partial charge in [-0.1, -0.05) is 20.8 Å². The van der Waals surface area contributed by atoms with E-state index in [0.717, 1.165) is 23.6 Å². The number of ether oxygens (including phenoxy) is 2. The zero-order chi connectivity index (χ0) is 12.8. The Balaban J connectivity index is 3.13. The number of hydrogen-bond acceptors (Lipinski definition) is 3. The summed E-state index contributed by atoms with van der Waals surface area (Å²) in [5.74, 6) is 2.27. The molecule has 0 bridgehead atoms. The van der Waals surface area contributed by atoms with Gasteiger partial charge in [-0.2, -0.15) is 0 Å². The van der Waals surface area contributed by atoms with Crippen LogP contribution in [-0.2, 0) is 0 Å². The highest BCUT2D eigenvalue weighted by Crippen LogP contribution is 2.32. The molecular weight excluding hydrogens is 214 g/mol. The van der Waals surface area contributed by atoms with Crippen LogP contribution in [0.2, 0.25) is 0 Å². The predicted octanol–water partition coefficient (Wildman–Crippen LogP) is 3.01. The Hall–Kier alpha value is -1.22. The fourth-order valence-electron chi connectivity index (χ4n) is 2.01. The van der Waals surface area contributed by atoms with Crippen LogP contribution in [-0.4, -0.2) is 20.8 Å². The largest absolute Gasteiger partial charge is 0.497 e. The third kappa shape index (κ3) is 3.37. The minimum absolute atomic E-state index is 0.282. The molecule has 1 unspecified atom stereocenters. The molecule has 1 N–H and O–H groups in total. The summed E-state index contributed by atoms with van der Waals surface area (Å²) in [6.07, 6.45) is 0.